The summed E-state index contributed by atoms with van der Waals surface area (Å²) in [5, 5.41) is 5.71. The summed E-state index contributed by atoms with van der Waals surface area (Å²) >= 11 is 3.04. The summed E-state index contributed by atoms with van der Waals surface area (Å²) in [5.41, 5.74) is 0.785. The topological polar surface area (TPSA) is 50.4 Å². The molecule has 1 aromatic carbocycles. The number of carbonyl (C=O) groups is 1. The lowest BCUT2D eigenvalue weighted by Gasteiger charge is -2.12. The molecule has 1 rings (SSSR count). The van der Waals surface area contributed by atoms with Crippen molar-refractivity contribution in [2.24, 2.45) is 0 Å². The molecule has 1 amide bonds. The van der Waals surface area contributed by atoms with Gasteiger partial charge in [0.2, 0.25) is 5.91 Å². The summed E-state index contributed by atoms with van der Waals surface area (Å²) in [6, 6.07) is 4.32. The van der Waals surface area contributed by atoms with Crippen molar-refractivity contribution in [2.75, 3.05) is 13.1 Å². The van der Waals surface area contributed by atoms with Crippen molar-refractivity contribution < 1.29 is 22.7 Å². The molecule has 0 aliphatic carbocycles. The number of halogens is 4. The summed E-state index contributed by atoms with van der Waals surface area (Å²) < 4.78 is 40.4. The van der Waals surface area contributed by atoms with E-state index in [9.17, 15) is 18.0 Å². The molecule has 0 bridgehead atoms. The van der Waals surface area contributed by atoms with Gasteiger partial charge in [-0.2, -0.15) is 0 Å². The van der Waals surface area contributed by atoms with Gasteiger partial charge in [0.1, 0.15) is 5.75 Å². The Hall–Kier alpha value is -1.28. The second-order valence-corrected chi connectivity index (χ2v) is 5.05. The molecule has 0 aliphatic rings. The highest BCUT2D eigenvalue weighted by molar-refractivity contribution is 9.10. The minimum absolute atomic E-state index is 0.0416. The average Bonchev–Trinajstić information content (AvgIpc) is 2.37. The third kappa shape index (κ3) is 7.33. The van der Waals surface area contributed by atoms with Crippen LogP contribution in [0.25, 0.3) is 0 Å². The Morgan fingerprint density at radius 3 is 2.67 bits per heavy atom. The van der Waals surface area contributed by atoms with Gasteiger partial charge in [0.25, 0.3) is 0 Å². The minimum Gasteiger partial charge on any atom is -0.405 e. The van der Waals surface area contributed by atoms with E-state index in [-0.39, 0.29) is 16.1 Å². The molecule has 1 aromatic rings. The zero-order valence-corrected chi connectivity index (χ0v) is 13.0. The molecular formula is C13H16BrF3N2O2. The van der Waals surface area contributed by atoms with Gasteiger partial charge in [0, 0.05) is 26.1 Å². The molecule has 0 aromatic heterocycles. The summed E-state index contributed by atoms with van der Waals surface area (Å²) in [5.74, 6) is -0.325. The zero-order chi connectivity index (χ0) is 15.9. The van der Waals surface area contributed by atoms with E-state index in [0.29, 0.717) is 26.1 Å². The van der Waals surface area contributed by atoms with Crippen LogP contribution in [0.5, 0.6) is 5.75 Å². The molecule has 0 saturated carbocycles. The van der Waals surface area contributed by atoms with Gasteiger partial charge in [0.05, 0.1) is 4.47 Å². The van der Waals surface area contributed by atoms with Crippen molar-refractivity contribution in [3.05, 3.63) is 28.2 Å². The zero-order valence-electron chi connectivity index (χ0n) is 11.4. The standard InChI is InChI=1S/C13H16BrF3N2O2/c1-2-19-12(20)5-6-18-8-9-3-4-11(10(14)7-9)21-13(15,16)17/h3-4,7,18H,2,5-6,8H2,1H3,(H,19,20). The van der Waals surface area contributed by atoms with Gasteiger partial charge < -0.3 is 15.4 Å². The Labute approximate surface area is 129 Å². The number of carbonyl (C=O) groups excluding carboxylic acids is 1. The number of hydrogen-bond donors (Lipinski definition) is 2. The monoisotopic (exact) mass is 368 g/mol. The summed E-state index contributed by atoms with van der Waals surface area (Å²) in [7, 11) is 0. The van der Waals surface area contributed by atoms with Crippen LogP contribution in [-0.4, -0.2) is 25.4 Å². The van der Waals surface area contributed by atoms with Gasteiger partial charge in [-0.3, -0.25) is 4.79 Å². The maximum Gasteiger partial charge on any atom is 0.573 e. The Kier molecular flexibility index (Phi) is 6.97. The van der Waals surface area contributed by atoms with Gasteiger partial charge in [-0.1, -0.05) is 6.07 Å². The summed E-state index contributed by atoms with van der Waals surface area (Å²) in [6.45, 7) is 3.37. The van der Waals surface area contributed by atoms with E-state index in [2.05, 4.69) is 31.3 Å². The molecule has 0 radical (unpaired) electrons. The third-order valence-corrected chi connectivity index (χ3v) is 3.07. The Bertz CT molecular complexity index is 481. The highest BCUT2D eigenvalue weighted by Crippen LogP contribution is 2.30. The first-order valence-corrected chi connectivity index (χ1v) is 7.12. The van der Waals surface area contributed by atoms with Crippen molar-refractivity contribution in [3.63, 3.8) is 0 Å². The fraction of sp³-hybridized carbons (Fsp3) is 0.462. The molecule has 0 unspecified atom stereocenters. The van der Waals surface area contributed by atoms with Crippen molar-refractivity contribution in [2.45, 2.75) is 26.3 Å². The molecule has 0 saturated heterocycles. The number of amides is 1. The smallest absolute Gasteiger partial charge is 0.405 e. The molecule has 21 heavy (non-hydrogen) atoms. The highest BCUT2D eigenvalue weighted by Gasteiger charge is 2.31. The average molecular weight is 369 g/mol. The molecule has 0 aliphatic heterocycles. The maximum absolute atomic E-state index is 12.1. The minimum atomic E-state index is -4.71. The van der Waals surface area contributed by atoms with Gasteiger partial charge in [0.15, 0.2) is 0 Å². The number of nitrogens with one attached hydrogen (secondary N) is 2. The second kappa shape index (κ2) is 8.23. The van der Waals surface area contributed by atoms with Crippen LogP contribution in [-0.2, 0) is 11.3 Å². The van der Waals surface area contributed by atoms with E-state index in [4.69, 9.17) is 0 Å². The van der Waals surface area contributed by atoms with E-state index < -0.39 is 6.36 Å². The quantitative estimate of drug-likeness (QED) is 0.727. The Morgan fingerprint density at radius 2 is 2.10 bits per heavy atom. The molecule has 8 heteroatoms. The van der Waals surface area contributed by atoms with Gasteiger partial charge in [-0.05, 0) is 40.5 Å². The van der Waals surface area contributed by atoms with E-state index in [1.807, 2.05) is 6.92 Å². The lowest BCUT2D eigenvalue weighted by atomic mass is 10.2. The van der Waals surface area contributed by atoms with Crippen LogP contribution in [0.15, 0.2) is 22.7 Å². The summed E-state index contributed by atoms with van der Waals surface area (Å²) in [4.78, 5) is 11.2. The largest absolute Gasteiger partial charge is 0.573 e. The third-order valence-electron chi connectivity index (χ3n) is 2.45. The van der Waals surface area contributed by atoms with Gasteiger partial charge >= 0.3 is 6.36 Å². The van der Waals surface area contributed by atoms with Crippen LogP contribution in [0.1, 0.15) is 18.9 Å². The first kappa shape index (κ1) is 17.8. The van der Waals surface area contributed by atoms with E-state index in [0.717, 1.165) is 5.56 Å². The Balaban J connectivity index is 2.43. The Morgan fingerprint density at radius 1 is 1.38 bits per heavy atom. The highest BCUT2D eigenvalue weighted by atomic mass is 79.9. The van der Waals surface area contributed by atoms with Crippen molar-refractivity contribution in [1.29, 1.82) is 0 Å². The van der Waals surface area contributed by atoms with Crippen molar-refractivity contribution in [3.8, 4) is 5.75 Å². The molecule has 0 spiro atoms. The first-order chi connectivity index (χ1) is 9.81. The van der Waals surface area contributed by atoms with Crippen molar-refractivity contribution in [1.82, 2.24) is 10.6 Å². The normalized spacial score (nSPS) is 11.3. The molecule has 0 fully saturated rings. The van der Waals surface area contributed by atoms with Gasteiger partial charge in [-0.15, -0.1) is 13.2 Å². The first-order valence-electron chi connectivity index (χ1n) is 6.33. The van der Waals surface area contributed by atoms with E-state index >= 15 is 0 Å². The number of ether oxygens (including phenoxy) is 1. The number of alkyl halides is 3. The predicted octanol–water partition coefficient (Wildman–Crippen LogP) is 2.96. The fourth-order valence-corrected chi connectivity index (χ4v) is 2.09. The van der Waals surface area contributed by atoms with E-state index in [1.165, 1.54) is 12.1 Å². The predicted molar refractivity (Wildman–Crippen MR) is 75.8 cm³/mol. The van der Waals surface area contributed by atoms with Crippen LogP contribution in [0.3, 0.4) is 0 Å². The van der Waals surface area contributed by atoms with Crippen LogP contribution >= 0.6 is 15.9 Å². The number of rotatable bonds is 7. The fourth-order valence-electron chi connectivity index (χ4n) is 1.58. The second-order valence-electron chi connectivity index (χ2n) is 4.19. The SMILES string of the molecule is CCNC(=O)CCNCc1ccc(OC(F)(F)F)c(Br)c1. The lowest BCUT2D eigenvalue weighted by Crippen LogP contribution is -2.27. The molecule has 118 valence electrons. The molecule has 0 atom stereocenters. The number of benzene rings is 1. The molecule has 0 heterocycles. The number of hydrogen-bond acceptors (Lipinski definition) is 3. The summed E-state index contributed by atoms with van der Waals surface area (Å²) in [6.07, 6.45) is -4.36. The van der Waals surface area contributed by atoms with Crippen LogP contribution < -0.4 is 15.4 Å². The van der Waals surface area contributed by atoms with E-state index in [1.54, 1.807) is 6.07 Å². The van der Waals surface area contributed by atoms with Gasteiger partial charge in [-0.25, -0.2) is 0 Å². The van der Waals surface area contributed by atoms with Crippen LogP contribution in [0.2, 0.25) is 0 Å². The molecule has 2 N–H and O–H groups in total. The molecular weight excluding hydrogens is 353 g/mol. The lowest BCUT2D eigenvalue weighted by molar-refractivity contribution is -0.274. The van der Waals surface area contributed by atoms with Crippen LogP contribution in [0, 0.1) is 0 Å². The van der Waals surface area contributed by atoms with Crippen molar-refractivity contribution >= 4 is 21.8 Å². The molecule has 4 nitrogen and oxygen atoms in total. The maximum atomic E-state index is 12.1. The van der Waals surface area contributed by atoms with Crippen LogP contribution in [0.4, 0.5) is 13.2 Å².